The van der Waals surface area contributed by atoms with Gasteiger partial charge in [-0.3, -0.25) is 14.6 Å². The lowest BCUT2D eigenvalue weighted by molar-refractivity contribution is -0.130. The van der Waals surface area contributed by atoms with Gasteiger partial charge in [0.1, 0.15) is 0 Å². The van der Waals surface area contributed by atoms with Gasteiger partial charge < -0.3 is 19.5 Å². The van der Waals surface area contributed by atoms with Gasteiger partial charge in [0.15, 0.2) is 17.3 Å². The van der Waals surface area contributed by atoms with Gasteiger partial charge in [-0.15, -0.1) is 11.3 Å². The first-order valence-electron chi connectivity index (χ1n) is 12.9. The van der Waals surface area contributed by atoms with Crippen LogP contribution in [0.1, 0.15) is 70.7 Å². The average Bonchev–Trinajstić information content (AvgIpc) is 3.38. The van der Waals surface area contributed by atoms with E-state index in [0.717, 1.165) is 29.8 Å². The third-order valence-electron chi connectivity index (χ3n) is 6.32. The molecule has 1 aliphatic heterocycles. The Morgan fingerprint density at radius 1 is 1.13 bits per heavy atom. The maximum atomic E-state index is 13.8. The maximum Gasteiger partial charge on any atom is 0.290 e. The number of amides is 1. The zero-order valence-electron chi connectivity index (χ0n) is 22.2. The van der Waals surface area contributed by atoms with Crippen LogP contribution in [0.3, 0.4) is 0 Å². The van der Waals surface area contributed by atoms with Gasteiger partial charge in [-0.1, -0.05) is 31.9 Å². The second kappa shape index (κ2) is 12.2. The molecular formula is C29H33N3O5S. The van der Waals surface area contributed by atoms with Crippen molar-refractivity contribution in [3.63, 3.8) is 0 Å². The molecule has 0 saturated heterocycles. The summed E-state index contributed by atoms with van der Waals surface area (Å²) in [5.74, 6) is -0.440. The van der Waals surface area contributed by atoms with Crippen molar-refractivity contribution >= 4 is 23.0 Å². The lowest BCUT2D eigenvalue weighted by Gasteiger charge is -2.27. The molecule has 0 bridgehead atoms. The number of Topliss-reactive ketones (excluding diaryl/α,β-unsaturated/α-hetero) is 1. The summed E-state index contributed by atoms with van der Waals surface area (Å²) in [6.45, 7) is 8.75. The highest BCUT2D eigenvalue weighted by Gasteiger charge is 2.44. The van der Waals surface area contributed by atoms with E-state index in [0.29, 0.717) is 40.8 Å². The summed E-state index contributed by atoms with van der Waals surface area (Å²) >= 11 is 1.25. The summed E-state index contributed by atoms with van der Waals surface area (Å²) in [5.41, 5.74) is 2.02. The fourth-order valence-electron chi connectivity index (χ4n) is 4.56. The highest BCUT2D eigenvalue weighted by Crippen LogP contribution is 2.43. The van der Waals surface area contributed by atoms with E-state index in [1.807, 2.05) is 26.0 Å². The lowest BCUT2D eigenvalue weighted by atomic mass is 9.94. The van der Waals surface area contributed by atoms with E-state index in [4.69, 9.17) is 9.47 Å². The number of aliphatic hydroxyl groups is 1. The monoisotopic (exact) mass is 535 g/mol. The van der Waals surface area contributed by atoms with Crippen molar-refractivity contribution in [2.45, 2.75) is 59.5 Å². The van der Waals surface area contributed by atoms with Crippen LogP contribution in [0.2, 0.25) is 0 Å². The molecule has 1 N–H and O–H groups in total. The van der Waals surface area contributed by atoms with Gasteiger partial charge in [0.05, 0.1) is 40.4 Å². The van der Waals surface area contributed by atoms with Crippen LogP contribution in [-0.4, -0.2) is 44.9 Å². The lowest BCUT2D eigenvalue weighted by Crippen LogP contribution is -2.30. The van der Waals surface area contributed by atoms with Crippen molar-refractivity contribution in [2.24, 2.45) is 0 Å². The Balaban J connectivity index is 1.77. The number of aromatic nitrogens is 2. The summed E-state index contributed by atoms with van der Waals surface area (Å²) in [4.78, 5) is 37.6. The number of hydrogen-bond donors (Lipinski definition) is 1. The zero-order valence-corrected chi connectivity index (χ0v) is 23.0. The first-order chi connectivity index (χ1) is 18.3. The highest BCUT2D eigenvalue weighted by atomic mass is 32.1. The molecule has 2 aromatic heterocycles. The van der Waals surface area contributed by atoms with Crippen molar-refractivity contribution in [1.82, 2.24) is 14.9 Å². The predicted molar refractivity (Wildman–Crippen MR) is 146 cm³/mol. The van der Waals surface area contributed by atoms with E-state index < -0.39 is 23.5 Å². The molecule has 9 heteroatoms. The summed E-state index contributed by atoms with van der Waals surface area (Å²) in [7, 11) is 0. The third kappa shape index (κ3) is 5.72. The average molecular weight is 536 g/mol. The summed E-state index contributed by atoms with van der Waals surface area (Å²) in [6.07, 6.45) is 6.41. The van der Waals surface area contributed by atoms with Crippen LogP contribution in [0.25, 0.3) is 0 Å². The minimum atomic E-state index is -0.828. The molecule has 0 radical (unpaired) electrons. The van der Waals surface area contributed by atoms with Crippen molar-refractivity contribution in [3.05, 3.63) is 80.8 Å². The molecule has 200 valence electrons. The molecule has 1 unspecified atom stereocenters. The molecule has 0 aliphatic carbocycles. The predicted octanol–water partition coefficient (Wildman–Crippen LogP) is 5.90. The molecule has 4 rings (SSSR count). The maximum absolute atomic E-state index is 13.8. The summed E-state index contributed by atoms with van der Waals surface area (Å²) in [6, 6.07) is 8.23. The van der Waals surface area contributed by atoms with Crippen LogP contribution in [0, 0.1) is 13.8 Å². The Bertz CT molecular complexity index is 1340. The first-order valence-corrected chi connectivity index (χ1v) is 13.7. The van der Waals surface area contributed by atoms with Crippen LogP contribution >= 0.6 is 11.3 Å². The van der Waals surface area contributed by atoms with E-state index >= 15 is 0 Å². The molecule has 3 aromatic rings. The number of carbonyl (C=O) groups is 2. The zero-order chi connectivity index (χ0) is 27.2. The van der Waals surface area contributed by atoms with Crippen LogP contribution in [0.15, 0.2) is 54.1 Å². The summed E-state index contributed by atoms with van der Waals surface area (Å²) < 4.78 is 11.9. The number of nitrogens with zero attached hydrogens (tertiary/aromatic N) is 3. The number of thiazole rings is 1. The number of pyridine rings is 1. The van der Waals surface area contributed by atoms with E-state index in [9.17, 15) is 14.7 Å². The van der Waals surface area contributed by atoms with Crippen molar-refractivity contribution < 1.29 is 24.2 Å². The van der Waals surface area contributed by atoms with Gasteiger partial charge in [-0.2, -0.15) is 0 Å². The number of aryl methyl sites for hydroxylation is 2. The Kier molecular flexibility index (Phi) is 8.78. The summed E-state index contributed by atoms with van der Waals surface area (Å²) in [5, 5.41) is 11.8. The van der Waals surface area contributed by atoms with Gasteiger partial charge in [-0.05, 0) is 56.5 Å². The molecule has 1 amide bonds. The van der Waals surface area contributed by atoms with Gasteiger partial charge in [0.25, 0.3) is 5.91 Å². The number of hydrogen-bond acceptors (Lipinski definition) is 8. The van der Waals surface area contributed by atoms with E-state index in [-0.39, 0.29) is 12.1 Å². The molecule has 0 spiro atoms. The van der Waals surface area contributed by atoms with Gasteiger partial charge in [0.2, 0.25) is 5.78 Å². The molecule has 3 heterocycles. The number of ether oxygens (including phenoxy) is 2. The first kappa shape index (κ1) is 27.3. The molecule has 0 fully saturated rings. The van der Waals surface area contributed by atoms with Gasteiger partial charge in [0, 0.05) is 18.9 Å². The fourth-order valence-corrected chi connectivity index (χ4v) is 5.44. The number of rotatable bonds is 12. The molecule has 1 atom stereocenters. The SMILES string of the molecule is CCCCCOc1ccc(C2C(C(=O)c3sc(C)nc3C)=C(O)C(=O)N2Cc2cccnc2)cc1OCC. The van der Waals surface area contributed by atoms with E-state index in [1.165, 1.54) is 16.2 Å². The number of benzene rings is 1. The molecule has 38 heavy (non-hydrogen) atoms. The normalized spacial score (nSPS) is 15.3. The second-order valence-electron chi connectivity index (χ2n) is 9.13. The van der Waals surface area contributed by atoms with Crippen LogP contribution in [0.5, 0.6) is 11.5 Å². The van der Waals surface area contributed by atoms with Gasteiger partial charge >= 0.3 is 0 Å². The minimum absolute atomic E-state index is 0.0321. The quantitative estimate of drug-likeness (QED) is 0.227. The van der Waals surface area contributed by atoms with Crippen molar-refractivity contribution in [1.29, 1.82) is 0 Å². The minimum Gasteiger partial charge on any atom is -0.503 e. The van der Waals surface area contributed by atoms with Crippen LogP contribution in [0.4, 0.5) is 0 Å². The van der Waals surface area contributed by atoms with Crippen LogP contribution < -0.4 is 9.47 Å². The standard InChI is InChI=1S/C29H33N3O5S/c1-5-7-8-14-37-22-12-11-21(15-23(22)36-6-2)25-24(26(33)28-18(3)31-19(4)38-28)27(34)29(35)32(25)17-20-10-9-13-30-16-20/h9-13,15-16,25,34H,5-8,14,17H2,1-4H3. The number of carbonyl (C=O) groups excluding carboxylic acids is 2. The Morgan fingerprint density at radius 3 is 2.61 bits per heavy atom. The molecule has 1 aromatic carbocycles. The molecular weight excluding hydrogens is 502 g/mol. The third-order valence-corrected chi connectivity index (χ3v) is 7.39. The topological polar surface area (TPSA) is 102 Å². The Hall–Kier alpha value is -3.72. The van der Waals surface area contributed by atoms with E-state index in [1.54, 1.807) is 37.5 Å². The molecule has 1 aliphatic rings. The van der Waals surface area contributed by atoms with Crippen LogP contribution in [-0.2, 0) is 11.3 Å². The van der Waals surface area contributed by atoms with Crippen molar-refractivity contribution in [3.8, 4) is 11.5 Å². The fraction of sp³-hybridized carbons (Fsp3) is 0.379. The number of aliphatic hydroxyl groups excluding tert-OH is 1. The second-order valence-corrected chi connectivity index (χ2v) is 10.3. The Morgan fingerprint density at radius 2 is 1.95 bits per heavy atom. The number of ketones is 1. The van der Waals surface area contributed by atoms with Crippen molar-refractivity contribution in [2.75, 3.05) is 13.2 Å². The smallest absolute Gasteiger partial charge is 0.290 e. The molecule has 0 saturated carbocycles. The van der Waals surface area contributed by atoms with Gasteiger partial charge in [-0.25, -0.2) is 4.98 Å². The largest absolute Gasteiger partial charge is 0.503 e. The molecule has 8 nitrogen and oxygen atoms in total. The highest BCUT2D eigenvalue weighted by molar-refractivity contribution is 7.14. The Labute approximate surface area is 227 Å². The van der Waals surface area contributed by atoms with E-state index in [2.05, 4.69) is 16.9 Å². The number of unbranched alkanes of at least 4 members (excludes halogenated alkanes) is 2.